The maximum Gasteiger partial charge on any atom is 0.421 e. The van der Waals surface area contributed by atoms with Crippen LogP contribution in [0.5, 0.6) is 5.75 Å². The van der Waals surface area contributed by atoms with Crippen LogP contribution in [-0.2, 0) is 15.8 Å². The van der Waals surface area contributed by atoms with Crippen LogP contribution in [-0.4, -0.2) is 52.9 Å². The van der Waals surface area contributed by atoms with Gasteiger partial charge < -0.3 is 30.9 Å². The zero-order chi connectivity index (χ0) is 29.6. The van der Waals surface area contributed by atoms with Gasteiger partial charge in [0.2, 0.25) is 17.8 Å². The zero-order valence-electron chi connectivity index (χ0n) is 22.9. The number of carbonyl (C=O) groups is 2. The molecule has 1 aliphatic heterocycles. The average Bonchev–Trinajstić information content (AvgIpc) is 2.93. The standard InChI is InChI=1S/C28H32F3N7O3/c1-4-25(40)34-19-6-5-7-20(14-19)35-26-22(28(29,30)31)16-32-27(37-26)36-23-9-8-21(15-24(23)41-3)33-18-10-12-38(13-11-18)17(2)39/h5-9,14-16,18,33H,4,10-13H2,1-3H3,(H,34,40)(H2,32,35,36,37). The van der Waals surface area contributed by atoms with Crippen LogP contribution in [0, 0.1) is 0 Å². The van der Waals surface area contributed by atoms with E-state index in [1.165, 1.54) is 13.2 Å². The second-order valence-corrected chi connectivity index (χ2v) is 9.53. The van der Waals surface area contributed by atoms with Crippen molar-refractivity contribution in [2.45, 2.75) is 45.3 Å². The highest BCUT2D eigenvalue weighted by Crippen LogP contribution is 2.37. The van der Waals surface area contributed by atoms with Crippen LogP contribution in [0.4, 0.5) is 47.7 Å². The lowest BCUT2D eigenvalue weighted by atomic mass is 10.0. The minimum absolute atomic E-state index is 0.0679. The van der Waals surface area contributed by atoms with Crippen molar-refractivity contribution in [2.24, 2.45) is 0 Å². The third-order valence-electron chi connectivity index (χ3n) is 6.58. The van der Waals surface area contributed by atoms with Crippen molar-refractivity contribution in [3.05, 3.63) is 54.2 Å². The van der Waals surface area contributed by atoms with Crippen molar-refractivity contribution in [1.82, 2.24) is 14.9 Å². The number of rotatable bonds is 9. The number of anilines is 6. The Balaban J connectivity index is 1.52. The fourth-order valence-corrected chi connectivity index (χ4v) is 4.38. The summed E-state index contributed by atoms with van der Waals surface area (Å²) in [4.78, 5) is 33.1. The van der Waals surface area contributed by atoms with Gasteiger partial charge in [-0.1, -0.05) is 13.0 Å². The Kier molecular flexibility index (Phi) is 9.15. The highest BCUT2D eigenvalue weighted by Gasteiger charge is 2.35. The summed E-state index contributed by atoms with van der Waals surface area (Å²) in [5, 5.41) is 11.8. The van der Waals surface area contributed by atoms with Crippen LogP contribution in [0.3, 0.4) is 0 Å². The number of halogens is 3. The van der Waals surface area contributed by atoms with Gasteiger partial charge in [0.25, 0.3) is 0 Å². The van der Waals surface area contributed by atoms with E-state index in [9.17, 15) is 22.8 Å². The van der Waals surface area contributed by atoms with Crippen LogP contribution < -0.4 is 26.0 Å². The predicted octanol–water partition coefficient (Wildman–Crippen LogP) is 5.76. The van der Waals surface area contributed by atoms with Gasteiger partial charge >= 0.3 is 6.18 Å². The van der Waals surface area contributed by atoms with Gasteiger partial charge in [-0.25, -0.2) is 4.98 Å². The number of benzene rings is 2. The summed E-state index contributed by atoms with van der Waals surface area (Å²) >= 11 is 0. The van der Waals surface area contributed by atoms with Gasteiger partial charge in [-0.05, 0) is 43.2 Å². The van der Waals surface area contributed by atoms with Crippen molar-refractivity contribution in [2.75, 3.05) is 41.5 Å². The molecule has 1 aromatic heterocycles. The number of ether oxygens (including phenoxy) is 1. The molecule has 2 aromatic carbocycles. The highest BCUT2D eigenvalue weighted by atomic mass is 19.4. The maximum atomic E-state index is 13.8. The SMILES string of the molecule is CCC(=O)Nc1cccc(Nc2nc(Nc3ccc(NC4CCN(C(C)=O)CC4)cc3OC)ncc2C(F)(F)F)c1. The number of likely N-dealkylation sites (tertiary alicyclic amines) is 1. The molecular weight excluding hydrogens is 539 g/mol. The van der Waals surface area contributed by atoms with E-state index in [2.05, 4.69) is 31.2 Å². The van der Waals surface area contributed by atoms with Crippen LogP contribution in [0.2, 0.25) is 0 Å². The molecule has 0 aliphatic carbocycles. The quantitative estimate of drug-likeness (QED) is 0.256. The summed E-state index contributed by atoms with van der Waals surface area (Å²) in [6.45, 7) is 4.63. The Hall–Kier alpha value is -4.55. The average molecular weight is 572 g/mol. The first kappa shape index (κ1) is 29.4. The summed E-state index contributed by atoms with van der Waals surface area (Å²) < 4.78 is 46.9. The van der Waals surface area contributed by atoms with Crippen LogP contribution in [0.15, 0.2) is 48.7 Å². The molecular formula is C28H32F3N7O3. The van der Waals surface area contributed by atoms with Crippen molar-refractivity contribution >= 4 is 46.3 Å². The molecule has 4 N–H and O–H groups in total. The Morgan fingerprint density at radius 2 is 1.78 bits per heavy atom. The molecule has 1 fully saturated rings. The molecule has 41 heavy (non-hydrogen) atoms. The predicted molar refractivity (Wildman–Crippen MR) is 151 cm³/mol. The molecule has 3 aromatic rings. The van der Waals surface area contributed by atoms with E-state index >= 15 is 0 Å². The van der Waals surface area contributed by atoms with E-state index in [4.69, 9.17) is 4.74 Å². The molecule has 0 saturated carbocycles. The minimum Gasteiger partial charge on any atom is -0.494 e. The number of methoxy groups -OCH3 is 1. The number of hydrogen-bond donors (Lipinski definition) is 4. The molecule has 0 radical (unpaired) electrons. The van der Waals surface area contributed by atoms with Crippen molar-refractivity contribution < 1.29 is 27.5 Å². The van der Waals surface area contributed by atoms with Gasteiger partial charge in [0.15, 0.2) is 0 Å². The van der Waals surface area contributed by atoms with Gasteiger partial charge in [-0.2, -0.15) is 18.2 Å². The molecule has 1 aliphatic rings. The number of aromatic nitrogens is 2. The molecule has 0 unspecified atom stereocenters. The van der Waals surface area contributed by atoms with Gasteiger partial charge in [0.05, 0.1) is 12.8 Å². The van der Waals surface area contributed by atoms with Gasteiger partial charge in [0.1, 0.15) is 17.1 Å². The Morgan fingerprint density at radius 3 is 2.44 bits per heavy atom. The Labute approximate surface area is 235 Å². The second kappa shape index (κ2) is 12.7. The molecule has 2 amide bonds. The Morgan fingerprint density at radius 1 is 1.05 bits per heavy atom. The molecule has 13 heteroatoms. The van der Waals surface area contributed by atoms with Gasteiger partial charge in [0, 0.05) is 61.8 Å². The summed E-state index contributed by atoms with van der Waals surface area (Å²) in [5.41, 5.74) is 0.953. The third-order valence-corrected chi connectivity index (χ3v) is 6.58. The fourth-order valence-electron chi connectivity index (χ4n) is 4.38. The number of alkyl halides is 3. The molecule has 10 nitrogen and oxygen atoms in total. The molecule has 0 atom stereocenters. The largest absolute Gasteiger partial charge is 0.494 e. The summed E-state index contributed by atoms with van der Waals surface area (Å²) in [6.07, 6.45) is -2.12. The van der Waals surface area contributed by atoms with Crippen molar-refractivity contribution in [1.29, 1.82) is 0 Å². The van der Waals surface area contributed by atoms with E-state index < -0.39 is 17.6 Å². The van der Waals surface area contributed by atoms with Crippen LogP contribution in [0.1, 0.15) is 38.7 Å². The number of nitrogens with one attached hydrogen (secondary N) is 4. The van der Waals surface area contributed by atoms with E-state index in [1.807, 2.05) is 11.0 Å². The first-order valence-corrected chi connectivity index (χ1v) is 13.1. The lowest BCUT2D eigenvalue weighted by Gasteiger charge is -2.32. The van der Waals surface area contributed by atoms with E-state index in [1.54, 1.807) is 44.2 Å². The van der Waals surface area contributed by atoms with E-state index in [0.717, 1.165) is 18.5 Å². The topological polar surface area (TPSA) is 121 Å². The zero-order valence-corrected chi connectivity index (χ0v) is 22.9. The van der Waals surface area contributed by atoms with Gasteiger partial charge in [-0.3, -0.25) is 9.59 Å². The van der Waals surface area contributed by atoms with Crippen molar-refractivity contribution in [3.63, 3.8) is 0 Å². The van der Waals surface area contributed by atoms with Crippen molar-refractivity contribution in [3.8, 4) is 5.75 Å². The molecule has 2 heterocycles. The minimum atomic E-state index is -4.71. The second-order valence-electron chi connectivity index (χ2n) is 9.53. The maximum absolute atomic E-state index is 13.8. The number of piperidine rings is 1. The van der Waals surface area contributed by atoms with Crippen LogP contribution >= 0.6 is 0 Å². The highest BCUT2D eigenvalue weighted by molar-refractivity contribution is 5.91. The number of nitrogens with zero attached hydrogens (tertiary/aromatic N) is 3. The smallest absolute Gasteiger partial charge is 0.421 e. The lowest BCUT2D eigenvalue weighted by molar-refractivity contribution is -0.137. The van der Waals surface area contributed by atoms with Crippen LogP contribution in [0.25, 0.3) is 0 Å². The normalized spacial score (nSPS) is 13.9. The lowest BCUT2D eigenvalue weighted by Crippen LogP contribution is -2.41. The first-order chi connectivity index (χ1) is 19.5. The fraction of sp³-hybridized carbons (Fsp3) is 0.357. The summed E-state index contributed by atoms with van der Waals surface area (Å²) in [5.74, 6) is -0.248. The number of amides is 2. The molecule has 0 spiro atoms. The van der Waals surface area contributed by atoms with E-state index in [0.29, 0.717) is 42.1 Å². The first-order valence-electron chi connectivity index (χ1n) is 13.1. The molecule has 218 valence electrons. The van der Waals surface area contributed by atoms with Gasteiger partial charge in [-0.15, -0.1) is 0 Å². The molecule has 1 saturated heterocycles. The molecule has 4 rings (SSSR count). The van der Waals surface area contributed by atoms with E-state index in [-0.39, 0.29) is 30.2 Å². The molecule has 0 bridgehead atoms. The number of hydrogen-bond acceptors (Lipinski definition) is 8. The third kappa shape index (κ3) is 7.77. The Bertz CT molecular complexity index is 1390. The summed E-state index contributed by atoms with van der Waals surface area (Å²) in [6, 6.07) is 11.8. The monoisotopic (exact) mass is 571 g/mol. The number of carbonyl (C=O) groups excluding carboxylic acids is 2. The summed E-state index contributed by atoms with van der Waals surface area (Å²) in [7, 11) is 1.49.